The number of rotatable bonds is 10. The van der Waals surface area contributed by atoms with Gasteiger partial charge >= 0.3 is 5.97 Å². The van der Waals surface area contributed by atoms with Crippen molar-refractivity contribution in [2.45, 2.75) is 30.6 Å². The van der Waals surface area contributed by atoms with E-state index in [1.54, 1.807) is 6.07 Å². The highest BCUT2D eigenvalue weighted by atomic mass is 32.2. The summed E-state index contributed by atoms with van der Waals surface area (Å²) in [6, 6.07) is 2.90. The number of benzene rings is 1. The smallest absolute Gasteiger partial charge is 0.330 e. The van der Waals surface area contributed by atoms with Crippen LogP contribution in [0, 0.1) is 5.92 Å². The Hall–Kier alpha value is -2.59. The lowest BCUT2D eigenvalue weighted by molar-refractivity contribution is -0.134. The maximum atomic E-state index is 12.9. The lowest BCUT2D eigenvalue weighted by Gasteiger charge is -2.15. The van der Waals surface area contributed by atoms with Crippen LogP contribution in [0.4, 0.5) is 0 Å². The first kappa shape index (κ1) is 23.7. The first-order valence-corrected chi connectivity index (χ1v) is 11.1. The van der Waals surface area contributed by atoms with Crippen LogP contribution in [0.2, 0.25) is 0 Å². The molecule has 30 heavy (non-hydrogen) atoms. The predicted molar refractivity (Wildman–Crippen MR) is 111 cm³/mol. The molecular weight excluding hydrogens is 412 g/mol. The average molecular weight is 441 g/mol. The van der Waals surface area contributed by atoms with Crippen molar-refractivity contribution in [2.75, 3.05) is 34.4 Å². The number of amides is 1. The number of ether oxygens (including phenoxy) is 3. The molecule has 0 bridgehead atoms. The number of carbonyl (C=O) groups excluding carboxylic acids is 2. The molecule has 0 heterocycles. The number of esters is 1. The third-order valence-electron chi connectivity index (χ3n) is 4.81. The molecule has 1 aromatic rings. The number of methoxy groups -OCH3 is 3. The lowest BCUT2D eigenvalue weighted by atomic mass is 10.1. The molecule has 10 heteroatoms. The SMILES string of the molecule is COC(=O)/C=C/c1cc(OC)c(OC)c(S(=O)(=O)NCCNC(=O)C2CCCC2)c1. The molecule has 0 unspecified atom stereocenters. The van der Waals surface area contributed by atoms with Crippen LogP contribution < -0.4 is 19.5 Å². The van der Waals surface area contributed by atoms with Crippen LogP contribution in [0.25, 0.3) is 6.08 Å². The van der Waals surface area contributed by atoms with E-state index in [0.29, 0.717) is 5.56 Å². The maximum Gasteiger partial charge on any atom is 0.330 e. The van der Waals surface area contributed by atoms with Gasteiger partial charge in [0.15, 0.2) is 11.5 Å². The number of sulfonamides is 1. The highest BCUT2D eigenvalue weighted by Crippen LogP contribution is 2.36. The maximum absolute atomic E-state index is 12.9. The second kappa shape index (κ2) is 11.0. The van der Waals surface area contributed by atoms with Gasteiger partial charge in [-0.05, 0) is 36.6 Å². The topological polar surface area (TPSA) is 120 Å². The molecular formula is C20H28N2O7S. The van der Waals surface area contributed by atoms with Gasteiger partial charge in [-0.15, -0.1) is 0 Å². The quantitative estimate of drug-likeness (QED) is 0.321. The molecule has 1 aromatic carbocycles. The van der Waals surface area contributed by atoms with E-state index in [9.17, 15) is 18.0 Å². The van der Waals surface area contributed by atoms with Crippen LogP contribution in [0.1, 0.15) is 31.2 Å². The molecule has 0 spiro atoms. The van der Waals surface area contributed by atoms with Gasteiger partial charge in [-0.1, -0.05) is 12.8 Å². The van der Waals surface area contributed by atoms with Crippen LogP contribution >= 0.6 is 0 Å². The van der Waals surface area contributed by atoms with Crippen molar-refractivity contribution in [3.05, 3.63) is 23.8 Å². The van der Waals surface area contributed by atoms with Crippen molar-refractivity contribution >= 4 is 28.0 Å². The third-order valence-corrected chi connectivity index (χ3v) is 6.28. The van der Waals surface area contributed by atoms with Crippen molar-refractivity contribution < 1.29 is 32.2 Å². The van der Waals surface area contributed by atoms with E-state index >= 15 is 0 Å². The van der Waals surface area contributed by atoms with E-state index < -0.39 is 16.0 Å². The molecule has 1 aliphatic rings. The fourth-order valence-electron chi connectivity index (χ4n) is 3.26. The Morgan fingerprint density at radius 2 is 1.80 bits per heavy atom. The molecule has 1 fully saturated rings. The van der Waals surface area contributed by atoms with Crippen molar-refractivity contribution in [2.24, 2.45) is 5.92 Å². The van der Waals surface area contributed by atoms with Gasteiger partial charge in [0.25, 0.3) is 0 Å². The van der Waals surface area contributed by atoms with E-state index in [1.165, 1.54) is 39.5 Å². The van der Waals surface area contributed by atoms with Gasteiger partial charge in [0, 0.05) is 25.1 Å². The van der Waals surface area contributed by atoms with E-state index in [4.69, 9.17) is 9.47 Å². The minimum absolute atomic E-state index is 0.0178. The first-order valence-electron chi connectivity index (χ1n) is 9.61. The average Bonchev–Trinajstić information content (AvgIpc) is 3.29. The van der Waals surface area contributed by atoms with E-state index in [-0.39, 0.29) is 41.3 Å². The van der Waals surface area contributed by atoms with Crippen LogP contribution in [-0.4, -0.2) is 54.7 Å². The number of hydrogen-bond acceptors (Lipinski definition) is 7. The Labute approximate surface area is 176 Å². The Kier molecular flexibility index (Phi) is 8.67. The van der Waals surface area contributed by atoms with Gasteiger partial charge in [0.05, 0.1) is 21.3 Å². The molecule has 0 radical (unpaired) electrons. The second-order valence-electron chi connectivity index (χ2n) is 6.78. The van der Waals surface area contributed by atoms with Gasteiger partial charge in [-0.2, -0.15) is 0 Å². The molecule has 2 N–H and O–H groups in total. The van der Waals surface area contributed by atoms with Gasteiger partial charge in [-0.3, -0.25) is 4.79 Å². The zero-order valence-electron chi connectivity index (χ0n) is 17.4. The normalized spacial score (nSPS) is 14.6. The zero-order valence-corrected chi connectivity index (χ0v) is 18.2. The summed E-state index contributed by atoms with van der Waals surface area (Å²) in [5.41, 5.74) is 0.410. The largest absolute Gasteiger partial charge is 0.493 e. The predicted octanol–water partition coefficient (Wildman–Crippen LogP) is 1.47. The van der Waals surface area contributed by atoms with E-state index in [2.05, 4.69) is 14.8 Å². The first-order chi connectivity index (χ1) is 14.3. The van der Waals surface area contributed by atoms with Gasteiger partial charge in [0.2, 0.25) is 15.9 Å². The number of nitrogens with one attached hydrogen (secondary N) is 2. The van der Waals surface area contributed by atoms with Crippen LogP contribution in [0.5, 0.6) is 11.5 Å². The van der Waals surface area contributed by atoms with Gasteiger partial charge in [0.1, 0.15) is 4.90 Å². The monoisotopic (exact) mass is 440 g/mol. The fourth-order valence-corrected chi connectivity index (χ4v) is 4.50. The van der Waals surface area contributed by atoms with E-state index in [1.807, 2.05) is 0 Å². The van der Waals surface area contributed by atoms with Gasteiger partial charge < -0.3 is 19.5 Å². The van der Waals surface area contributed by atoms with E-state index in [0.717, 1.165) is 25.7 Å². The molecule has 0 aromatic heterocycles. The van der Waals surface area contributed by atoms with Crippen LogP contribution in [0.15, 0.2) is 23.1 Å². The number of carbonyl (C=O) groups is 2. The molecule has 166 valence electrons. The molecule has 0 saturated heterocycles. The summed E-state index contributed by atoms with van der Waals surface area (Å²) >= 11 is 0. The summed E-state index contributed by atoms with van der Waals surface area (Å²) in [7, 11) is -0.0140. The lowest BCUT2D eigenvalue weighted by Crippen LogP contribution is -2.37. The zero-order chi connectivity index (χ0) is 22.1. The van der Waals surface area contributed by atoms with Crippen molar-refractivity contribution in [3.63, 3.8) is 0 Å². The highest BCUT2D eigenvalue weighted by molar-refractivity contribution is 7.89. The molecule has 1 aliphatic carbocycles. The Bertz CT molecular complexity index is 891. The minimum Gasteiger partial charge on any atom is -0.493 e. The van der Waals surface area contributed by atoms with Crippen molar-refractivity contribution in [1.29, 1.82) is 0 Å². The Morgan fingerprint density at radius 1 is 1.10 bits per heavy atom. The highest BCUT2D eigenvalue weighted by Gasteiger charge is 2.25. The molecule has 0 atom stereocenters. The summed E-state index contributed by atoms with van der Waals surface area (Å²) in [6.45, 7) is 0.199. The molecule has 0 aliphatic heterocycles. The summed E-state index contributed by atoms with van der Waals surface area (Å²) in [5.74, 6) is -0.370. The Morgan fingerprint density at radius 3 is 2.40 bits per heavy atom. The molecule has 1 saturated carbocycles. The minimum atomic E-state index is -3.98. The molecule has 1 amide bonds. The summed E-state index contributed by atoms with van der Waals surface area (Å²) in [5, 5.41) is 2.77. The second-order valence-corrected chi connectivity index (χ2v) is 8.52. The summed E-state index contributed by atoms with van der Waals surface area (Å²) in [4.78, 5) is 23.2. The Balaban J connectivity index is 2.14. The van der Waals surface area contributed by atoms with Crippen molar-refractivity contribution in [3.8, 4) is 11.5 Å². The van der Waals surface area contributed by atoms with Gasteiger partial charge in [-0.25, -0.2) is 17.9 Å². The molecule has 2 rings (SSSR count). The molecule has 9 nitrogen and oxygen atoms in total. The summed E-state index contributed by atoms with van der Waals surface area (Å²) < 4.78 is 43.2. The summed E-state index contributed by atoms with van der Waals surface area (Å²) in [6.07, 6.45) is 6.43. The third kappa shape index (κ3) is 6.20. The van der Waals surface area contributed by atoms with Crippen LogP contribution in [-0.2, 0) is 24.3 Å². The fraction of sp³-hybridized carbons (Fsp3) is 0.500. The number of hydrogen-bond donors (Lipinski definition) is 2. The van der Waals surface area contributed by atoms with Crippen LogP contribution in [0.3, 0.4) is 0 Å². The standard InChI is InChI=1S/C20H28N2O7S/c1-27-16-12-14(8-9-18(23)28-2)13-17(19(16)29-3)30(25,26)22-11-10-21-20(24)15-6-4-5-7-15/h8-9,12-13,15,22H,4-7,10-11H2,1-3H3,(H,21,24)/b9-8+. The van der Waals surface area contributed by atoms with Crippen molar-refractivity contribution in [1.82, 2.24) is 10.0 Å².